The zero-order valence-electron chi connectivity index (χ0n) is 20.3. The average Bonchev–Trinajstić information content (AvgIpc) is 3.27. The summed E-state index contributed by atoms with van der Waals surface area (Å²) in [4.78, 5) is 4.17. The Labute approximate surface area is 221 Å². The minimum Gasteiger partial charge on any atom is -0.296 e. The Balaban J connectivity index is 1.63. The van der Waals surface area contributed by atoms with Gasteiger partial charge in [-0.05, 0) is 44.7 Å². The molecule has 0 bridgehead atoms. The van der Waals surface area contributed by atoms with E-state index in [2.05, 4.69) is 19.9 Å². The molecule has 1 fully saturated rings. The second-order valence-electron chi connectivity index (χ2n) is 9.40. The molecule has 3 aromatic rings. The van der Waals surface area contributed by atoms with Crippen molar-refractivity contribution in [3.8, 4) is 16.9 Å². The Kier molecular flexibility index (Phi) is 6.63. The van der Waals surface area contributed by atoms with E-state index < -0.39 is 42.3 Å². The number of aromatic nitrogens is 4. The van der Waals surface area contributed by atoms with Crippen LogP contribution in [0.2, 0.25) is 0 Å². The van der Waals surface area contributed by atoms with Crippen molar-refractivity contribution in [1.82, 2.24) is 28.6 Å². The van der Waals surface area contributed by atoms with Crippen LogP contribution in [0.3, 0.4) is 0 Å². The summed E-state index contributed by atoms with van der Waals surface area (Å²) in [5.74, 6) is 0.129. The van der Waals surface area contributed by atoms with Gasteiger partial charge in [-0.3, -0.25) is 4.40 Å². The maximum Gasteiger partial charge on any atom is 0.291 e. The normalized spacial score (nSPS) is 18.2. The lowest BCUT2D eigenvalue weighted by molar-refractivity contribution is 0.150. The molecule has 3 aromatic heterocycles. The van der Waals surface area contributed by atoms with Crippen LogP contribution < -0.4 is 4.72 Å². The number of halogens is 2. The van der Waals surface area contributed by atoms with Crippen molar-refractivity contribution in [3.63, 3.8) is 0 Å². The van der Waals surface area contributed by atoms with Crippen LogP contribution in [-0.2, 0) is 20.0 Å². The first kappa shape index (κ1) is 26.8. The molecule has 38 heavy (non-hydrogen) atoms. The van der Waals surface area contributed by atoms with Crippen LogP contribution in [0.5, 0.6) is 0 Å². The molecular formula is C22H23F2N7O4S3. The van der Waals surface area contributed by atoms with Crippen molar-refractivity contribution in [2.45, 2.75) is 55.2 Å². The highest BCUT2D eigenvalue weighted by molar-refractivity contribution is 7.89. The molecule has 0 unspecified atom stereocenters. The van der Waals surface area contributed by atoms with Crippen LogP contribution in [-0.4, -0.2) is 64.6 Å². The molecule has 5 rings (SSSR count). The van der Waals surface area contributed by atoms with Gasteiger partial charge < -0.3 is 0 Å². The van der Waals surface area contributed by atoms with E-state index in [1.807, 2.05) is 6.07 Å². The van der Waals surface area contributed by atoms with Gasteiger partial charge in [0.2, 0.25) is 20.0 Å². The van der Waals surface area contributed by atoms with E-state index in [4.69, 9.17) is 0 Å². The first-order chi connectivity index (χ1) is 17.9. The summed E-state index contributed by atoms with van der Waals surface area (Å²) in [5, 5.41) is 15.7. The molecule has 0 amide bonds. The van der Waals surface area contributed by atoms with Crippen LogP contribution in [0.1, 0.15) is 50.1 Å². The predicted molar refractivity (Wildman–Crippen MR) is 135 cm³/mol. The third-order valence-electron chi connectivity index (χ3n) is 6.51. The highest BCUT2D eigenvalue weighted by Gasteiger charge is 2.47. The highest BCUT2D eigenvalue weighted by atomic mass is 32.2. The fourth-order valence-electron chi connectivity index (χ4n) is 4.15. The van der Waals surface area contributed by atoms with E-state index in [1.54, 1.807) is 19.9 Å². The van der Waals surface area contributed by atoms with E-state index in [0.29, 0.717) is 47.3 Å². The Morgan fingerprint density at radius 3 is 2.50 bits per heavy atom. The Hall–Kier alpha value is -2.84. The second-order valence-corrected chi connectivity index (χ2v) is 14.6. The fourth-order valence-corrected chi connectivity index (χ4v) is 7.47. The Bertz CT molecular complexity index is 1700. The Morgan fingerprint density at radius 2 is 1.95 bits per heavy atom. The molecule has 0 atom stereocenters. The number of hydrogen-bond acceptors (Lipinski definition) is 9. The molecule has 2 aliphatic rings. The molecule has 0 saturated heterocycles. The van der Waals surface area contributed by atoms with Gasteiger partial charge in [-0.15, -0.1) is 10.2 Å². The SMILES string of the molecule is CC(C)S(=O)(=O)N1CC=C(c2cc(S(=O)(=O)NC3(C#N)CC3)cn3c(-c4nnc(C(F)F)s4)ncc23)CC1. The smallest absolute Gasteiger partial charge is 0.291 e. The molecule has 11 nitrogen and oxygen atoms in total. The minimum absolute atomic E-state index is 0.0799. The lowest BCUT2D eigenvalue weighted by Gasteiger charge is -2.28. The maximum atomic E-state index is 13.3. The zero-order valence-corrected chi connectivity index (χ0v) is 22.7. The van der Waals surface area contributed by atoms with Crippen LogP contribution in [0.25, 0.3) is 21.9 Å². The molecule has 1 N–H and O–H groups in total. The van der Waals surface area contributed by atoms with Gasteiger partial charge in [0, 0.05) is 24.8 Å². The van der Waals surface area contributed by atoms with Crippen molar-refractivity contribution >= 4 is 42.5 Å². The van der Waals surface area contributed by atoms with E-state index in [-0.39, 0.29) is 28.8 Å². The maximum absolute atomic E-state index is 13.3. The summed E-state index contributed by atoms with van der Waals surface area (Å²) in [6.07, 6.45) is 2.79. The fraction of sp³-hybridized carbons (Fsp3) is 0.455. The van der Waals surface area contributed by atoms with Gasteiger partial charge >= 0.3 is 0 Å². The van der Waals surface area contributed by atoms with Gasteiger partial charge in [-0.2, -0.15) is 14.3 Å². The third kappa shape index (κ3) is 4.73. The van der Waals surface area contributed by atoms with Crippen LogP contribution >= 0.6 is 11.3 Å². The van der Waals surface area contributed by atoms with Gasteiger partial charge in [0.25, 0.3) is 6.43 Å². The second kappa shape index (κ2) is 9.42. The van der Waals surface area contributed by atoms with Crippen molar-refractivity contribution < 1.29 is 25.6 Å². The first-order valence-electron chi connectivity index (χ1n) is 11.6. The molecule has 0 spiro atoms. The van der Waals surface area contributed by atoms with Gasteiger partial charge in [0.1, 0.15) is 5.54 Å². The summed E-state index contributed by atoms with van der Waals surface area (Å²) >= 11 is 0.646. The summed E-state index contributed by atoms with van der Waals surface area (Å²) in [6.45, 7) is 3.53. The summed E-state index contributed by atoms with van der Waals surface area (Å²) < 4.78 is 83.4. The molecule has 1 aliphatic carbocycles. The van der Waals surface area contributed by atoms with Gasteiger partial charge in [0.05, 0.1) is 27.9 Å². The first-order valence-corrected chi connectivity index (χ1v) is 15.4. The molecule has 202 valence electrons. The summed E-state index contributed by atoms with van der Waals surface area (Å²) in [7, 11) is -7.63. The zero-order chi connectivity index (χ0) is 27.5. The van der Waals surface area contributed by atoms with E-state index in [0.717, 1.165) is 0 Å². The number of fused-ring (bicyclic) bond motifs is 1. The number of imidazole rings is 1. The van der Waals surface area contributed by atoms with E-state index in [9.17, 15) is 30.9 Å². The highest BCUT2D eigenvalue weighted by Crippen LogP contribution is 2.38. The number of nitrogens with zero attached hydrogens (tertiary/aromatic N) is 6. The van der Waals surface area contributed by atoms with Crippen molar-refractivity contribution in [2.24, 2.45) is 0 Å². The summed E-state index contributed by atoms with van der Waals surface area (Å²) in [5.41, 5.74) is 0.530. The van der Waals surface area contributed by atoms with Crippen LogP contribution in [0.15, 0.2) is 29.4 Å². The number of hydrogen-bond donors (Lipinski definition) is 1. The van der Waals surface area contributed by atoms with Gasteiger partial charge in [0.15, 0.2) is 15.8 Å². The topological polar surface area (TPSA) is 150 Å². The predicted octanol–water partition coefficient (Wildman–Crippen LogP) is 2.95. The van der Waals surface area contributed by atoms with Crippen LogP contribution in [0.4, 0.5) is 8.78 Å². The summed E-state index contributed by atoms with van der Waals surface area (Å²) in [6, 6.07) is 3.45. The Morgan fingerprint density at radius 1 is 1.21 bits per heavy atom. The quantitative estimate of drug-likeness (QED) is 0.425. The van der Waals surface area contributed by atoms with Crippen molar-refractivity contribution in [1.29, 1.82) is 5.26 Å². The lowest BCUT2D eigenvalue weighted by Crippen LogP contribution is -2.39. The van der Waals surface area contributed by atoms with Crippen molar-refractivity contribution in [2.75, 3.05) is 13.1 Å². The van der Waals surface area contributed by atoms with Crippen molar-refractivity contribution in [3.05, 3.63) is 35.1 Å². The number of sulfonamides is 2. The number of alkyl halides is 2. The number of nitriles is 1. The van der Waals surface area contributed by atoms with Gasteiger partial charge in [-0.1, -0.05) is 17.4 Å². The molecule has 0 aromatic carbocycles. The van der Waals surface area contributed by atoms with E-state index >= 15 is 0 Å². The monoisotopic (exact) mass is 583 g/mol. The minimum atomic E-state index is -4.16. The average molecular weight is 584 g/mol. The van der Waals surface area contributed by atoms with Gasteiger partial charge in [-0.25, -0.2) is 30.6 Å². The number of nitrogens with one attached hydrogen (secondary N) is 1. The standard InChI is InChI=1S/C22H23F2N7O4S3/c1-13(2)38(34,35)30-7-3-14(4-8-30)16-9-15(37(32,33)29-22(12-25)5-6-22)11-31-17(16)10-26-19(31)21-28-27-20(36-21)18(23)24/h3,9-11,13,18,29H,4-8H2,1-2H3. The van der Waals surface area contributed by atoms with Crippen LogP contribution in [0, 0.1) is 11.3 Å². The largest absolute Gasteiger partial charge is 0.296 e. The molecule has 1 aliphatic heterocycles. The number of pyridine rings is 1. The molecule has 1 saturated carbocycles. The molecular weight excluding hydrogens is 560 g/mol. The van der Waals surface area contributed by atoms with E-state index in [1.165, 1.54) is 27.2 Å². The molecule has 0 radical (unpaired) electrons. The molecule has 4 heterocycles. The third-order valence-corrected chi connectivity index (χ3v) is 11.2. The molecule has 16 heteroatoms. The lowest BCUT2D eigenvalue weighted by atomic mass is 10.0. The number of rotatable bonds is 8.